The molecule has 0 spiro atoms. The molecule has 1 unspecified atom stereocenters. The normalized spacial score (nSPS) is 15.4. The minimum Gasteiger partial charge on any atom is -0.273 e. The molecule has 186 valence electrons. The second kappa shape index (κ2) is 10.0. The molecule has 4 aromatic rings. The van der Waals surface area contributed by atoms with Crippen LogP contribution in [0.2, 0.25) is 5.02 Å². The Kier molecular flexibility index (Phi) is 6.63. The monoisotopic (exact) mass is 512 g/mol. The molecule has 2 amide bonds. The number of nitrogens with zero attached hydrogens (tertiary/aromatic N) is 3. The van der Waals surface area contributed by atoms with Gasteiger partial charge in [0.15, 0.2) is 0 Å². The van der Waals surface area contributed by atoms with Crippen molar-refractivity contribution in [3.8, 4) is 5.69 Å². The molecule has 1 fully saturated rings. The van der Waals surface area contributed by atoms with E-state index in [1.165, 1.54) is 21.2 Å². The van der Waals surface area contributed by atoms with Crippen LogP contribution in [-0.2, 0) is 9.59 Å². The van der Waals surface area contributed by atoms with E-state index in [0.29, 0.717) is 33.4 Å². The topological polar surface area (TPSA) is 84.3 Å². The van der Waals surface area contributed by atoms with Gasteiger partial charge in [0.25, 0.3) is 11.5 Å². The number of benzene rings is 3. The lowest BCUT2D eigenvalue weighted by Crippen LogP contribution is -2.57. The highest BCUT2D eigenvalue weighted by atomic mass is 35.5. The smallest absolute Gasteiger partial charge is 0.266 e. The third-order valence-electron chi connectivity index (χ3n) is 6.40. The molecule has 0 bridgehead atoms. The van der Waals surface area contributed by atoms with Gasteiger partial charge in [-0.3, -0.25) is 24.4 Å². The van der Waals surface area contributed by atoms with E-state index in [0.717, 1.165) is 5.56 Å². The summed E-state index contributed by atoms with van der Waals surface area (Å²) in [5.41, 5.74) is 5.38. The Balaban J connectivity index is 1.46. The number of carbonyl (C=O) groups is 2. The molecule has 1 aromatic heterocycles. The highest BCUT2D eigenvalue weighted by molar-refractivity contribution is 6.32. The average Bonchev–Trinajstić information content (AvgIpc) is 2.90. The first kappa shape index (κ1) is 24.5. The summed E-state index contributed by atoms with van der Waals surface area (Å²) in [6, 6.07) is 21.3. The van der Waals surface area contributed by atoms with E-state index in [4.69, 9.17) is 16.6 Å². The highest BCUT2D eigenvalue weighted by Crippen LogP contribution is 2.34. The summed E-state index contributed by atoms with van der Waals surface area (Å²) < 4.78 is 1.42. The SMILES string of the molecule is CC(C)c1ccc(/C=C/C(=O)NN2C(=O)CC2c2nc3ccccc3c(=O)n2-c2ccccc2Cl)cc1. The average molecular weight is 513 g/mol. The minimum absolute atomic E-state index is 0.0931. The van der Waals surface area contributed by atoms with Crippen LogP contribution in [0.5, 0.6) is 0 Å². The third-order valence-corrected chi connectivity index (χ3v) is 6.72. The molecule has 37 heavy (non-hydrogen) atoms. The number of halogens is 1. The zero-order valence-corrected chi connectivity index (χ0v) is 21.1. The van der Waals surface area contributed by atoms with E-state index < -0.39 is 11.9 Å². The number of amides is 2. The highest BCUT2D eigenvalue weighted by Gasteiger charge is 2.42. The van der Waals surface area contributed by atoms with Gasteiger partial charge in [0, 0.05) is 6.08 Å². The van der Waals surface area contributed by atoms with Crippen LogP contribution in [0.3, 0.4) is 0 Å². The van der Waals surface area contributed by atoms with Crippen molar-refractivity contribution < 1.29 is 9.59 Å². The van der Waals surface area contributed by atoms with Gasteiger partial charge in [0.2, 0.25) is 5.91 Å². The van der Waals surface area contributed by atoms with Gasteiger partial charge < -0.3 is 0 Å². The van der Waals surface area contributed by atoms with E-state index in [1.54, 1.807) is 54.6 Å². The summed E-state index contributed by atoms with van der Waals surface area (Å²) in [6.45, 7) is 4.24. The van der Waals surface area contributed by atoms with Crippen LogP contribution in [0.1, 0.15) is 49.2 Å². The van der Waals surface area contributed by atoms with E-state index >= 15 is 0 Å². The quantitative estimate of drug-likeness (QED) is 0.285. The Morgan fingerprint density at radius 2 is 1.73 bits per heavy atom. The van der Waals surface area contributed by atoms with Crippen LogP contribution in [0.15, 0.2) is 83.7 Å². The van der Waals surface area contributed by atoms with Crippen molar-refractivity contribution in [2.45, 2.75) is 32.2 Å². The maximum absolute atomic E-state index is 13.5. The first-order valence-corrected chi connectivity index (χ1v) is 12.4. The van der Waals surface area contributed by atoms with Crippen LogP contribution in [0.4, 0.5) is 0 Å². The fourth-order valence-corrected chi connectivity index (χ4v) is 4.54. The molecule has 1 aliphatic heterocycles. The maximum atomic E-state index is 13.5. The van der Waals surface area contributed by atoms with Gasteiger partial charge in [-0.25, -0.2) is 9.99 Å². The van der Waals surface area contributed by atoms with Crippen LogP contribution < -0.4 is 11.0 Å². The van der Waals surface area contributed by atoms with Crippen molar-refractivity contribution in [2.24, 2.45) is 0 Å². The lowest BCUT2D eigenvalue weighted by molar-refractivity contribution is -0.156. The number of hydrazine groups is 1. The summed E-state index contributed by atoms with van der Waals surface area (Å²) in [5.74, 6) is 0.00657. The molecule has 0 saturated carbocycles. The Morgan fingerprint density at radius 3 is 2.43 bits per heavy atom. The number of hydrogen-bond donors (Lipinski definition) is 1. The Morgan fingerprint density at radius 1 is 1.03 bits per heavy atom. The predicted molar refractivity (Wildman–Crippen MR) is 144 cm³/mol. The predicted octanol–water partition coefficient (Wildman–Crippen LogP) is 5.18. The molecule has 0 radical (unpaired) electrons. The summed E-state index contributed by atoms with van der Waals surface area (Å²) >= 11 is 6.45. The number of aromatic nitrogens is 2. The number of β-lactam (4-membered cyclic amide) rings is 1. The molecule has 0 aliphatic carbocycles. The van der Waals surface area contributed by atoms with E-state index in [1.807, 2.05) is 24.3 Å². The first-order valence-electron chi connectivity index (χ1n) is 12.0. The zero-order chi connectivity index (χ0) is 26.1. The zero-order valence-electron chi connectivity index (χ0n) is 20.4. The molecule has 5 rings (SSSR count). The van der Waals surface area contributed by atoms with Crippen LogP contribution >= 0.6 is 11.6 Å². The standard InChI is InChI=1S/C29H25ClN4O3/c1-18(2)20-14-11-19(12-15-20)13-16-26(35)32-34-25(17-27(34)36)28-31-23-9-5-3-7-21(23)29(37)33(28)24-10-6-4-8-22(24)30/h3-16,18,25H,17H2,1-2H3,(H,32,35)/b16-13+. The number of carbonyl (C=O) groups excluding carboxylic acids is 2. The van der Waals surface area contributed by atoms with Crippen molar-refractivity contribution in [2.75, 3.05) is 0 Å². The van der Waals surface area contributed by atoms with E-state index in [-0.39, 0.29) is 17.9 Å². The molecule has 1 N–H and O–H groups in total. The lowest BCUT2D eigenvalue weighted by Gasteiger charge is -2.40. The van der Waals surface area contributed by atoms with Gasteiger partial charge in [-0.2, -0.15) is 0 Å². The second-order valence-electron chi connectivity index (χ2n) is 9.19. The van der Waals surface area contributed by atoms with Crippen molar-refractivity contribution in [1.29, 1.82) is 0 Å². The van der Waals surface area contributed by atoms with Crippen molar-refractivity contribution in [3.63, 3.8) is 0 Å². The van der Waals surface area contributed by atoms with Crippen LogP contribution in [-0.4, -0.2) is 26.4 Å². The summed E-state index contributed by atoms with van der Waals surface area (Å²) in [5, 5.41) is 2.02. The lowest BCUT2D eigenvalue weighted by atomic mass is 10.0. The van der Waals surface area contributed by atoms with Gasteiger partial charge in [0.1, 0.15) is 11.9 Å². The van der Waals surface area contributed by atoms with E-state index in [2.05, 4.69) is 19.3 Å². The van der Waals surface area contributed by atoms with Crippen LogP contribution in [0.25, 0.3) is 22.7 Å². The largest absolute Gasteiger partial charge is 0.273 e. The number of rotatable bonds is 6. The Hall–Kier alpha value is -4.23. The fraction of sp³-hybridized carbons (Fsp3) is 0.172. The van der Waals surface area contributed by atoms with Crippen LogP contribution in [0, 0.1) is 0 Å². The van der Waals surface area contributed by atoms with Gasteiger partial charge >= 0.3 is 0 Å². The van der Waals surface area contributed by atoms with Crippen molar-refractivity contribution >= 4 is 40.4 Å². The number of fused-ring (bicyclic) bond motifs is 1. The molecule has 1 atom stereocenters. The molecule has 3 aromatic carbocycles. The van der Waals surface area contributed by atoms with Gasteiger partial charge in [0.05, 0.1) is 28.0 Å². The third kappa shape index (κ3) is 4.78. The second-order valence-corrected chi connectivity index (χ2v) is 9.60. The van der Waals surface area contributed by atoms with Crippen molar-refractivity contribution in [1.82, 2.24) is 20.0 Å². The van der Waals surface area contributed by atoms with Gasteiger partial charge in [-0.15, -0.1) is 0 Å². The maximum Gasteiger partial charge on any atom is 0.266 e. The Labute approximate surface area is 219 Å². The number of hydrogen-bond acceptors (Lipinski definition) is 4. The summed E-state index contributed by atoms with van der Waals surface area (Å²) in [4.78, 5) is 43.5. The molecule has 1 aliphatic rings. The summed E-state index contributed by atoms with van der Waals surface area (Å²) in [7, 11) is 0. The van der Waals surface area contributed by atoms with Gasteiger partial charge in [-0.1, -0.05) is 74.0 Å². The number of para-hydroxylation sites is 2. The Bertz CT molecular complexity index is 1590. The molecular weight excluding hydrogens is 488 g/mol. The molecule has 2 heterocycles. The molecule has 1 saturated heterocycles. The van der Waals surface area contributed by atoms with Crippen molar-refractivity contribution in [3.05, 3.63) is 111 Å². The molecule has 7 nitrogen and oxygen atoms in total. The summed E-state index contributed by atoms with van der Waals surface area (Å²) in [6.07, 6.45) is 3.16. The fourth-order valence-electron chi connectivity index (χ4n) is 4.32. The minimum atomic E-state index is -0.635. The number of nitrogens with one attached hydrogen (secondary N) is 1. The molecule has 8 heteroatoms. The first-order chi connectivity index (χ1) is 17.8. The molecular formula is C29H25ClN4O3. The van der Waals surface area contributed by atoms with E-state index in [9.17, 15) is 14.4 Å². The van der Waals surface area contributed by atoms with Gasteiger partial charge in [-0.05, 0) is 47.4 Å².